The second-order valence-electron chi connectivity index (χ2n) is 6.13. The summed E-state index contributed by atoms with van der Waals surface area (Å²) in [6.07, 6.45) is 0. The lowest BCUT2D eigenvalue weighted by Gasteiger charge is -2.05. The van der Waals surface area contributed by atoms with E-state index >= 15 is 0 Å². The van der Waals surface area contributed by atoms with Gasteiger partial charge in [0.05, 0.1) is 10.2 Å². The van der Waals surface area contributed by atoms with Crippen LogP contribution in [0.4, 0.5) is 0 Å². The number of nitrogens with zero attached hydrogens (tertiary/aromatic N) is 2. The molecule has 0 atom stereocenters. The number of oxime groups is 1. The first-order valence-electron chi connectivity index (χ1n) is 8.53. The summed E-state index contributed by atoms with van der Waals surface area (Å²) in [4.78, 5) is 4.65. The van der Waals surface area contributed by atoms with Gasteiger partial charge in [0.25, 0.3) is 0 Å². The molecule has 0 aliphatic heterocycles. The Morgan fingerprint density at radius 2 is 1.61 bits per heavy atom. The Balaban J connectivity index is 1.78. The maximum absolute atomic E-state index is 12.5. The second kappa shape index (κ2) is 7.53. The van der Waals surface area contributed by atoms with E-state index in [9.17, 15) is 8.42 Å². The van der Waals surface area contributed by atoms with Crippen molar-refractivity contribution in [2.45, 2.75) is 11.8 Å². The molecule has 4 rings (SSSR count). The average molecular weight is 409 g/mol. The van der Waals surface area contributed by atoms with E-state index in [1.807, 2.05) is 55.5 Å². The summed E-state index contributed by atoms with van der Waals surface area (Å²) in [5.41, 5.74) is 3.02. The molecule has 0 saturated heterocycles. The molecular weight excluding hydrogens is 392 g/mol. The molecule has 0 saturated carbocycles. The van der Waals surface area contributed by atoms with Crippen molar-refractivity contribution < 1.29 is 12.7 Å². The van der Waals surface area contributed by atoms with Crippen LogP contribution >= 0.6 is 11.3 Å². The zero-order valence-corrected chi connectivity index (χ0v) is 16.6. The van der Waals surface area contributed by atoms with Crippen LogP contribution < -0.4 is 0 Å². The SMILES string of the molecule is Cc1ccc(C(=NOS(=O)(=O)c2ccccc2)c2nc3ccccc3s2)cc1. The Kier molecular flexibility index (Phi) is 4.93. The van der Waals surface area contributed by atoms with Crippen LogP contribution in [0.2, 0.25) is 0 Å². The zero-order valence-electron chi connectivity index (χ0n) is 14.9. The van der Waals surface area contributed by atoms with Gasteiger partial charge in [-0.05, 0) is 31.2 Å². The topological polar surface area (TPSA) is 68.6 Å². The van der Waals surface area contributed by atoms with Crippen LogP contribution in [0, 0.1) is 6.92 Å². The summed E-state index contributed by atoms with van der Waals surface area (Å²) in [5, 5.41) is 4.60. The Morgan fingerprint density at radius 1 is 0.929 bits per heavy atom. The van der Waals surface area contributed by atoms with Gasteiger partial charge in [-0.15, -0.1) is 11.3 Å². The molecule has 5 nitrogen and oxygen atoms in total. The molecule has 1 aromatic heterocycles. The van der Waals surface area contributed by atoms with Gasteiger partial charge >= 0.3 is 10.1 Å². The number of rotatable bonds is 5. The van der Waals surface area contributed by atoms with Crippen LogP contribution in [-0.4, -0.2) is 19.1 Å². The fourth-order valence-corrected chi connectivity index (χ4v) is 4.33. The van der Waals surface area contributed by atoms with Gasteiger partial charge in [-0.2, -0.15) is 8.42 Å². The standard InChI is InChI=1S/C21H16N2O3S2/c1-15-11-13-16(14-12-15)20(21-22-18-9-5-6-10-19(18)27-21)23-26-28(24,25)17-7-3-2-4-8-17/h2-14H,1H3. The van der Waals surface area contributed by atoms with E-state index in [1.165, 1.54) is 23.5 Å². The highest BCUT2D eigenvalue weighted by atomic mass is 32.2. The molecule has 0 radical (unpaired) electrons. The van der Waals surface area contributed by atoms with Gasteiger partial charge in [-0.25, -0.2) is 4.98 Å². The van der Waals surface area contributed by atoms with Crippen molar-refractivity contribution in [2.75, 3.05) is 0 Å². The largest absolute Gasteiger partial charge is 0.358 e. The van der Waals surface area contributed by atoms with Crippen molar-refractivity contribution in [1.29, 1.82) is 0 Å². The summed E-state index contributed by atoms with van der Waals surface area (Å²) in [6, 6.07) is 23.3. The molecule has 0 amide bonds. The number of fused-ring (bicyclic) bond motifs is 1. The normalized spacial score (nSPS) is 12.2. The first kappa shape index (κ1) is 18.3. The molecule has 4 aromatic rings. The van der Waals surface area contributed by atoms with E-state index in [1.54, 1.807) is 18.2 Å². The highest BCUT2D eigenvalue weighted by Gasteiger charge is 2.19. The number of aryl methyl sites for hydroxylation is 1. The average Bonchev–Trinajstić information content (AvgIpc) is 3.14. The van der Waals surface area contributed by atoms with E-state index in [0.717, 1.165) is 21.3 Å². The van der Waals surface area contributed by atoms with Crippen LogP contribution in [0.1, 0.15) is 16.1 Å². The fraction of sp³-hybridized carbons (Fsp3) is 0.0476. The van der Waals surface area contributed by atoms with E-state index in [2.05, 4.69) is 10.1 Å². The molecular formula is C21H16N2O3S2. The minimum atomic E-state index is -4.02. The molecule has 28 heavy (non-hydrogen) atoms. The van der Waals surface area contributed by atoms with Gasteiger partial charge < -0.3 is 0 Å². The van der Waals surface area contributed by atoms with Crippen molar-refractivity contribution in [3.8, 4) is 0 Å². The predicted octanol–water partition coefficient (Wildman–Crippen LogP) is 4.76. The van der Waals surface area contributed by atoms with Crippen molar-refractivity contribution in [2.24, 2.45) is 5.16 Å². The van der Waals surface area contributed by atoms with Gasteiger partial charge in [0.15, 0.2) is 0 Å². The van der Waals surface area contributed by atoms with Gasteiger partial charge in [-0.1, -0.05) is 65.3 Å². The van der Waals surface area contributed by atoms with E-state index in [0.29, 0.717) is 10.7 Å². The van der Waals surface area contributed by atoms with Crippen molar-refractivity contribution in [1.82, 2.24) is 4.98 Å². The third-order valence-electron chi connectivity index (χ3n) is 4.08. The highest BCUT2D eigenvalue weighted by Crippen LogP contribution is 2.25. The van der Waals surface area contributed by atoms with Crippen molar-refractivity contribution in [3.63, 3.8) is 0 Å². The molecule has 0 spiro atoms. The quantitative estimate of drug-likeness (QED) is 0.353. The Morgan fingerprint density at radius 3 is 2.32 bits per heavy atom. The van der Waals surface area contributed by atoms with Gasteiger partial charge in [-0.3, -0.25) is 4.28 Å². The molecule has 0 N–H and O–H groups in total. The Hall–Kier alpha value is -3.03. The molecule has 0 aliphatic rings. The molecule has 3 aromatic carbocycles. The fourth-order valence-electron chi connectivity index (χ4n) is 2.62. The summed E-state index contributed by atoms with van der Waals surface area (Å²) >= 11 is 1.43. The minimum absolute atomic E-state index is 0.0475. The molecule has 0 unspecified atom stereocenters. The third kappa shape index (κ3) is 3.81. The van der Waals surface area contributed by atoms with Crippen LogP contribution in [0.5, 0.6) is 0 Å². The minimum Gasteiger partial charge on any atom is -0.264 e. The number of hydrogen-bond donors (Lipinski definition) is 0. The van der Waals surface area contributed by atoms with Crippen LogP contribution in [-0.2, 0) is 14.4 Å². The van der Waals surface area contributed by atoms with Crippen LogP contribution in [0.25, 0.3) is 10.2 Å². The predicted molar refractivity (Wildman–Crippen MR) is 111 cm³/mol. The number of thiazole rings is 1. The Labute approximate surface area is 167 Å². The number of para-hydroxylation sites is 1. The van der Waals surface area contributed by atoms with Crippen molar-refractivity contribution in [3.05, 3.63) is 95.0 Å². The molecule has 140 valence electrons. The smallest absolute Gasteiger partial charge is 0.264 e. The third-order valence-corrected chi connectivity index (χ3v) is 6.24. The van der Waals surface area contributed by atoms with Crippen LogP contribution in [0.15, 0.2) is 88.9 Å². The maximum Gasteiger partial charge on any atom is 0.358 e. The molecule has 0 fully saturated rings. The lowest BCUT2D eigenvalue weighted by molar-refractivity contribution is 0.339. The monoisotopic (exact) mass is 408 g/mol. The first-order chi connectivity index (χ1) is 13.5. The number of hydrogen-bond acceptors (Lipinski definition) is 6. The lowest BCUT2D eigenvalue weighted by atomic mass is 10.1. The summed E-state index contributed by atoms with van der Waals surface area (Å²) in [7, 11) is -4.02. The summed E-state index contributed by atoms with van der Waals surface area (Å²) < 4.78 is 31.0. The number of aromatic nitrogens is 1. The van der Waals surface area contributed by atoms with Gasteiger partial charge in [0.2, 0.25) is 0 Å². The summed E-state index contributed by atoms with van der Waals surface area (Å²) in [5.74, 6) is 0. The number of benzene rings is 3. The molecule has 0 bridgehead atoms. The molecule has 0 aliphatic carbocycles. The van der Waals surface area contributed by atoms with E-state index in [4.69, 9.17) is 4.28 Å². The summed E-state index contributed by atoms with van der Waals surface area (Å²) in [6.45, 7) is 1.98. The van der Waals surface area contributed by atoms with E-state index in [-0.39, 0.29) is 4.90 Å². The highest BCUT2D eigenvalue weighted by molar-refractivity contribution is 7.86. The molecule has 7 heteroatoms. The van der Waals surface area contributed by atoms with Crippen LogP contribution in [0.3, 0.4) is 0 Å². The molecule has 1 heterocycles. The second-order valence-corrected chi connectivity index (χ2v) is 8.69. The van der Waals surface area contributed by atoms with Gasteiger partial charge in [0, 0.05) is 5.56 Å². The van der Waals surface area contributed by atoms with Crippen molar-refractivity contribution >= 4 is 37.4 Å². The Bertz CT molecular complexity index is 1210. The van der Waals surface area contributed by atoms with Gasteiger partial charge in [0.1, 0.15) is 15.6 Å². The maximum atomic E-state index is 12.5. The zero-order chi connectivity index (χ0) is 19.6. The van der Waals surface area contributed by atoms with E-state index < -0.39 is 10.1 Å². The lowest BCUT2D eigenvalue weighted by Crippen LogP contribution is -2.08. The first-order valence-corrected chi connectivity index (χ1v) is 10.7.